The Hall–Kier alpha value is -0.570. The van der Waals surface area contributed by atoms with Crippen LogP contribution in [0.3, 0.4) is 0 Å². The molecule has 0 aromatic carbocycles. The van der Waals surface area contributed by atoms with Crippen LogP contribution < -0.4 is 0 Å². The molecule has 0 aromatic heterocycles. The van der Waals surface area contributed by atoms with Gasteiger partial charge in [0, 0.05) is 0 Å². The molecule has 1 N–H and O–H groups in total. The van der Waals surface area contributed by atoms with E-state index >= 15 is 0 Å². The van der Waals surface area contributed by atoms with Crippen molar-refractivity contribution >= 4 is 5.97 Å². The number of hydrogen-bond donors (Lipinski definition) is 1. The summed E-state index contributed by atoms with van der Waals surface area (Å²) >= 11 is 0. The first-order chi connectivity index (χ1) is 9.08. The number of carboxylic acid groups (broad SMARTS) is 1. The first-order valence-electron chi connectivity index (χ1n) is 8.03. The fraction of sp³-hybridized carbons (Fsp3) is 0.938. The summed E-state index contributed by atoms with van der Waals surface area (Å²) in [5.41, 5.74) is 0.584. The summed E-state index contributed by atoms with van der Waals surface area (Å²) in [5, 5.41) is 8.93. The van der Waals surface area contributed by atoms with Crippen LogP contribution in [0.25, 0.3) is 0 Å². The number of carbonyl (C=O) groups is 1. The number of nitrogens with zero attached hydrogens (tertiary/aromatic N) is 1. The van der Waals surface area contributed by atoms with E-state index in [0.717, 1.165) is 30.8 Å². The molecule has 0 atom stereocenters. The van der Waals surface area contributed by atoms with E-state index in [1.54, 1.807) is 0 Å². The van der Waals surface area contributed by atoms with E-state index in [2.05, 4.69) is 11.8 Å². The van der Waals surface area contributed by atoms with E-state index in [1.165, 1.54) is 44.9 Å². The first kappa shape index (κ1) is 13.4. The van der Waals surface area contributed by atoms with Gasteiger partial charge < -0.3 is 5.11 Å². The second kappa shape index (κ2) is 5.08. The molecule has 0 radical (unpaired) electrons. The Morgan fingerprint density at radius 1 is 1.16 bits per heavy atom. The third kappa shape index (κ3) is 2.81. The van der Waals surface area contributed by atoms with Crippen molar-refractivity contribution in [2.45, 2.75) is 51.9 Å². The highest BCUT2D eigenvalue weighted by Gasteiger charge is 2.50. The Morgan fingerprint density at radius 2 is 1.68 bits per heavy atom. The van der Waals surface area contributed by atoms with E-state index in [0.29, 0.717) is 5.41 Å². The maximum absolute atomic E-state index is 10.8. The SMILES string of the molecule is CCN(CCC12CC3CC(CC(C3)C1)C2)CC(=O)O. The van der Waals surface area contributed by atoms with Crippen LogP contribution in [-0.2, 0) is 4.79 Å². The van der Waals surface area contributed by atoms with Crippen LogP contribution in [0.5, 0.6) is 0 Å². The average Bonchev–Trinajstić information content (AvgIpc) is 2.32. The van der Waals surface area contributed by atoms with Gasteiger partial charge in [0.15, 0.2) is 0 Å². The molecule has 3 heteroatoms. The summed E-state index contributed by atoms with van der Waals surface area (Å²) in [6.07, 6.45) is 10.0. The summed E-state index contributed by atoms with van der Waals surface area (Å²) in [5.74, 6) is 2.31. The molecule has 4 aliphatic carbocycles. The van der Waals surface area contributed by atoms with Gasteiger partial charge in [-0.1, -0.05) is 6.92 Å². The number of aliphatic carboxylic acids is 1. The highest BCUT2D eigenvalue weighted by atomic mass is 16.4. The van der Waals surface area contributed by atoms with Crippen molar-refractivity contribution in [3.05, 3.63) is 0 Å². The van der Waals surface area contributed by atoms with Crippen molar-refractivity contribution in [1.82, 2.24) is 4.90 Å². The zero-order valence-electron chi connectivity index (χ0n) is 12.1. The largest absolute Gasteiger partial charge is 0.480 e. The second-order valence-electron chi connectivity index (χ2n) is 7.43. The summed E-state index contributed by atoms with van der Waals surface area (Å²) in [6, 6.07) is 0. The number of carboxylic acids is 1. The highest BCUT2D eigenvalue weighted by molar-refractivity contribution is 5.69. The van der Waals surface area contributed by atoms with Crippen molar-refractivity contribution in [1.29, 1.82) is 0 Å². The predicted molar refractivity (Wildman–Crippen MR) is 75.0 cm³/mol. The topological polar surface area (TPSA) is 40.5 Å². The molecule has 0 amide bonds. The molecule has 4 aliphatic rings. The minimum atomic E-state index is -0.688. The van der Waals surface area contributed by atoms with Gasteiger partial charge in [-0.05, 0) is 81.2 Å². The summed E-state index contributed by atoms with van der Waals surface area (Å²) in [7, 11) is 0. The van der Waals surface area contributed by atoms with Crippen LogP contribution in [0.4, 0.5) is 0 Å². The third-order valence-corrected chi connectivity index (χ3v) is 5.93. The van der Waals surface area contributed by atoms with Gasteiger partial charge in [-0.2, -0.15) is 0 Å². The molecule has 4 fully saturated rings. The van der Waals surface area contributed by atoms with Crippen molar-refractivity contribution in [2.24, 2.45) is 23.2 Å². The van der Waals surface area contributed by atoms with Crippen LogP contribution in [0.15, 0.2) is 0 Å². The van der Waals surface area contributed by atoms with Crippen LogP contribution in [0, 0.1) is 23.2 Å². The fourth-order valence-electron chi connectivity index (χ4n) is 5.53. The van der Waals surface area contributed by atoms with E-state index in [9.17, 15) is 4.79 Å². The zero-order chi connectivity index (χ0) is 13.5. The van der Waals surface area contributed by atoms with Gasteiger partial charge in [0.25, 0.3) is 0 Å². The van der Waals surface area contributed by atoms with Crippen LogP contribution in [0.1, 0.15) is 51.9 Å². The molecule has 4 bridgehead atoms. The smallest absolute Gasteiger partial charge is 0.317 e. The quantitative estimate of drug-likeness (QED) is 0.802. The van der Waals surface area contributed by atoms with Crippen molar-refractivity contribution in [3.8, 4) is 0 Å². The molecular weight excluding hydrogens is 238 g/mol. The molecule has 0 unspecified atom stereocenters. The summed E-state index contributed by atoms with van der Waals surface area (Å²) < 4.78 is 0. The van der Waals surface area contributed by atoms with Gasteiger partial charge in [-0.25, -0.2) is 0 Å². The second-order valence-corrected chi connectivity index (χ2v) is 7.43. The number of likely N-dealkylation sites (N-methyl/N-ethyl adjacent to an activating group) is 1. The molecule has 0 saturated heterocycles. The molecule has 0 aromatic rings. The molecule has 4 saturated carbocycles. The summed E-state index contributed by atoms with van der Waals surface area (Å²) in [6.45, 7) is 4.12. The summed E-state index contributed by atoms with van der Waals surface area (Å²) in [4.78, 5) is 12.9. The predicted octanol–water partition coefficient (Wildman–Crippen LogP) is 3.00. The molecule has 0 spiro atoms. The third-order valence-electron chi connectivity index (χ3n) is 5.93. The lowest BCUT2D eigenvalue weighted by Crippen LogP contribution is -2.47. The van der Waals surface area contributed by atoms with E-state index in [-0.39, 0.29) is 6.54 Å². The van der Waals surface area contributed by atoms with Crippen molar-refractivity contribution in [3.63, 3.8) is 0 Å². The molecular formula is C16H27NO2. The van der Waals surface area contributed by atoms with Gasteiger partial charge >= 0.3 is 5.97 Å². The van der Waals surface area contributed by atoms with E-state index in [4.69, 9.17) is 5.11 Å². The Bertz CT molecular complexity index is 317. The lowest BCUT2D eigenvalue weighted by molar-refractivity contribution is -0.138. The van der Waals surface area contributed by atoms with Crippen LogP contribution in [0.2, 0.25) is 0 Å². The van der Waals surface area contributed by atoms with Gasteiger partial charge in [-0.15, -0.1) is 0 Å². The molecule has 3 nitrogen and oxygen atoms in total. The Balaban J connectivity index is 1.58. The number of rotatable bonds is 6. The van der Waals surface area contributed by atoms with Gasteiger partial charge in [0.1, 0.15) is 0 Å². The Kier molecular flexibility index (Phi) is 3.59. The lowest BCUT2D eigenvalue weighted by atomic mass is 9.49. The fourth-order valence-corrected chi connectivity index (χ4v) is 5.53. The van der Waals surface area contributed by atoms with Crippen molar-refractivity contribution < 1.29 is 9.90 Å². The Morgan fingerprint density at radius 3 is 2.11 bits per heavy atom. The minimum absolute atomic E-state index is 0.211. The molecule has 108 valence electrons. The molecule has 4 rings (SSSR count). The lowest BCUT2D eigenvalue weighted by Gasteiger charge is -2.57. The van der Waals surface area contributed by atoms with E-state index in [1.807, 2.05) is 0 Å². The monoisotopic (exact) mass is 265 g/mol. The number of hydrogen-bond acceptors (Lipinski definition) is 2. The molecule has 19 heavy (non-hydrogen) atoms. The van der Waals surface area contributed by atoms with Gasteiger partial charge in [0.2, 0.25) is 0 Å². The van der Waals surface area contributed by atoms with Gasteiger partial charge in [-0.3, -0.25) is 9.69 Å². The average molecular weight is 265 g/mol. The van der Waals surface area contributed by atoms with Crippen molar-refractivity contribution in [2.75, 3.05) is 19.6 Å². The normalized spacial score (nSPS) is 40.0. The van der Waals surface area contributed by atoms with Crippen LogP contribution >= 0.6 is 0 Å². The van der Waals surface area contributed by atoms with Gasteiger partial charge in [0.05, 0.1) is 6.54 Å². The standard InChI is InChI=1S/C16H27NO2/c1-2-17(11-15(18)19)4-3-16-8-12-5-13(9-16)7-14(6-12)10-16/h12-14H,2-11H2,1H3,(H,18,19). The highest BCUT2D eigenvalue weighted by Crippen LogP contribution is 2.61. The molecule has 0 aliphatic heterocycles. The maximum atomic E-state index is 10.8. The molecule has 0 heterocycles. The van der Waals surface area contributed by atoms with E-state index < -0.39 is 5.97 Å². The minimum Gasteiger partial charge on any atom is -0.480 e. The van der Waals surface area contributed by atoms with Crippen LogP contribution in [-0.4, -0.2) is 35.6 Å². The Labute approximate surface area is 116 Å². The zero-order valence-corrected chi connectivity index (χ0v) is 12.1. The maximum Gasteiger partial charge on any atom is 0.317 e. The first-order valence-corrected chi connectivity index (χ1v) is 8.03.